The van der Waals surface area contributed by atoms with Crippen molar-refractivity contribution in [1.29, 1.82) is 0 Å². The molecule has 7 nitrogen and oxygen atoms in total. The number of hydrogen-bond donors (Lipinski definition) is 1. The van der Waals surface area contributed by atoms with Crippen LogP contribution in [-0.4, -0.2) is 56.7 Å². The van der Waals surface area contributed by atoms with Crippen LogP contribution in [0.25, 0.3) is 5.57 Å². The van der Waals surface area contributed by atoms with E-state index in [1.807, 2.05) is 31.2 Å². The standard InChI is InChI=1S/C26H31N3O4/c1-3-33-18-8-17-29-25(30)23(21-9-4-5-10-22(21)32-2)24(26(29)31)27-19-11-13-20(14-12-19)28-15-6-7-16-28/h4-5,9-14,27H,3,6-8,15-18H2,1-2H3. The number of hydrogen-bond acceptors (Lipinski definition) is 6. The lowest BCUT2D eigenvalue weighted by atomic mass is 10.0. The topological polar surface area (TPSA) is 71.1 Å². The number of imide groups is 1. The molecule has 0 radical (unpaired) electrons. The van der Waals surface area contributed by atoms with E-state index in [0.29, 0.717) is 43.1 Å². The number of amides is 2. The number of nitrogens with zero attached hydrogens (tertiary/aromatic N) is 2. The Labute approximate surface area is 195 Å². The Kier molecular flexibility index (Phi) is 7.29. The molecule has 4 rings (SSSR count). The highest BCUT2D eigenvalue weighted by Crippen LogP contribution is 2.35. The average Bonchev–Trinajstić information content (AvgIpc) is 3.45. The molecule has 33 heavy (non-hydrogen) atoms. The van der Waals surface area contributed by atoms with E-state index >= 15 is 0 Å². The summed E-state index contributed by atoms with van der Waals surface area (Å²) in [6.45, 7) is 5.46. The van der Waals surface area contributed by atoms with Crippen LogP contribution >= 0.6 is 0 Å². The number of anilines is 2. The summed E-state index contributed by atoms with van der Waals surface area (Å²) in [4.78, 5) is 30.4. The Balaban J connectivity index is 1.63. The van der Waals surface area contributed by atoms with Gasteiger partial charge in [-0.3, -0.25) is 14.5 Å². The molecular weight excluding hydrogens is 418 g/mol. The molecule has 0 saturated carbocycles. The van der Waals surface area contributed by atoms with Crippen LogP contribution in [0.15, 0.2) is 54.2 Å². The summed E-state index contributed by atoms with van der Waals surface area (Å²) >= 11 is 0. The summed E-state index contributed by atoms with van der Waals surface area (Å²) in [5, 5.41) is 3.23. The summed E-state index contributed by atoms with van der Waals surface area (Å²) in [5.74, 6) is -0.105. The third-order valence-electron chi connectivity index (χ3n) is 6.03. The van der Waals surface area contributed by atoms with Crippen molar-refractivity contribution >= 4 is 28.8 Å². The van der Waals surface area contributed by atoms with Gasteiger partial charge in [0.15, 0.2) is 0 Å². The molecule has 0 aliphatic carbocycles. The maximum absolute atomic E-state index is 13.4. The van der Waals surface area contributed by atoms with E-state index in [-0.39, 0.29) is 17.5 Å². The number of para-hydroxylation sites is 1. The summed E-state index contributed by atoms with van der Waals surface area (Å²) in [6, 6.07) is 15.3. The monoisotopic (exact) mass is 449 g/mol. The molecule has 2 amide bonds. The van der Waals surface area contributed by atoms with Gasteiger partial charge in [0.05, 0.1) is 12.7 Å². The lowest BCUT2D eigenvalue weighted by Gasteiger charge is -2.18. The average molecular weight is 450 g/mol. The molecule has 7 heteroatoms. The smallest absolute Gasteiger partial charge is 0.278 e. The van der Waals surface area contributed by atoms with E-state index in [4.69, 9.17) is 9.47 Å². The summed E-state index contributed by atoms with van der Waals surface area (Å²) in [7, 11) is 1.56. The van der Waals surface area contributed by atoms with Gasteiger partial charge in [-0.25, -0.2) is 0 Å². The highest BCUT2D eigenvalue weighted by Gasteiger charge is 2.39. The lowest BCUT2D eigenvalue weighted by Crippen LogP contribution is -2.34. The first-order valence-corrected chi connectivity index (χ1v) is 11.6. The molecule has 2 aliphatic heterocycles. The molecule has 2 heterocycles. The minimum absolute atomic E-state index is 0.273. The SMILES string of the molecule is CCOCCCN1C(=O)C(Nc2ccc(N3CCCC3)cc2)=C(c2ccccc2OC)C1=O. The third-order valence-corrected chi connectivity index (χ3v) is 6.03. The Morgan fingerprint density at radius 2 is 1.70 bits per heavy atom. The van der Waals surface area contributed by atoms with Crippen molar-refractivity contribution in [3.8, 4) is 5.75 Å². The molecule has 0 aromatic heterocycles. The van der Waals surface area contributed by atoms with Crippen LogP contribution in [0.5, 0.6) is 5.75 Å². The second-order valence-corrected chi connectivity index (χ2v) is 8.13. The number of methoxy groups -OCH3 is 1. The second kappa shape index (κ2) is 10.5. The number of carbonyl (C=O) groups is 2. The molecule has 1 saturated heterocycles. The largest absolute Gasteiger partial charge is 0.496 e. The zero-order valence-electron chi connectivity index (χ0n) is 19.3. The van der Waals surface area contributed by atoms with Crippen LogP contribution in [0.1, 0.15) is 31.7 Å². The molecule has 1 N–H and O–H groups in total. The van der Waals surface area contributed by atoms with Crippen LogP contribution in [0.3, 0.4) is 0 Å². The van der Waals surface area contributed by atoms with Crippen LogP contribution in [0, 0.1) is 0 Å². The Bertz CT molecular complexity index is 1030. The van der Waals surface area contributed by atoms with Gasteiger partial charge in [-0.2, -0.15) is 0 Å². The molecule has 2 aromatic rings. The quantitative estimate of drug-likeness (QED) is 0.438. The van der Waals surface area contributed by atoms with Gasteiger partial charge in [0, 0.05) is 49.8 Å². The van der Waals surface area contributed by atoms with Crippen LogP contribution in [0.4, 0.5) is 11.4 Å². The van der Waals surface area contributed by atoms with E-state index < -0.39 is 0 Å². The first kappa shape index (κ1) is 22.9. The van der Waals surface area contributed by atoms with Gasteiger partial charge in [0.2, 0.25) is 0 Å². The van der Waals surface area contributed by atoms with Gasteiger partial charge in [-0.15, -0.1) is 0 Å². The minimum atomic E-state index is -0.332. The van der Waals surface area contributed by atoms with E-state index in [2.05, 4.69) is 22.3 Å². The Hall–Kier alpha value is -3.32. The van der Waals surface area contributed by atoms with E-state index in [0.717, 1.165) is 18.8 Å². The van der Waals surface area contributed by atoms with Crippen molar-refractivity contribution in [2.75, 3.05) is 50.2 Å². The lowest BCUT2D eigenvalue weighted by molar-refractivity contribution is -0.137. The van der Waals surface area contributed by atoms with Crippen molar-refractivity contribution in [2.24, 2.45) is 0 Å². The van der Waals surface area contributed by atoms with Gasteiger partial charge in [0.25, 0.3) is 11.8 Å². The maximum Gasteiger partial charge on any atom is 0.278 e. The maximum atomic E-state index is 13.4. The fraction of sp³-hybridized carbons (Fsp3) is 0.385. The van der Waals surface area contributed by atoms with Crippen molar-refractivity contribution in [3.05, 3.63) is 59.8 Å². The van der Waals surface area contributed by atoms with Gasteiger partial charge < -0.3 is 19.7 Å². The normalized spacial score (nSPS) is 16.2. The van der Waals surface area contributed by atoms with Gasteiger partial charge in [-0.1, -0.05) is 18.2 Å². The molecular formula is C26H31N3O4. The molecule has 0 spiro atoms. The molecule has 174 valence electrons. The van der Waals surface area contributed by atoms with Crippen LogP contribution in [-0.2, 0) is 14.3 Å². The van der Waals surface area contributed by atoms with E-state index in [9.17, 15) is 9.59 Å². The van der Waals surface area contributed by atoms with Crippen LogP contribution < -0.4 is 15.0 Å². The zero-order valence-corrected chi connectivity index (χ0v) is 19.3. The first-order valence-electron chi connectivity index (χ1n) is 11.6. The Morgan fingerprint density at radius 1 is 0.970 bits per heavy atom. The third kappa shape index (κ3) is 4.88. The first-order chi connectivity index (χ1) is 16.1. The van der Waals surface area contributed by atoms with E-state index in [1.54, 1.807) is 19.2 Å². The Morgan fingerprint density at radius 3 is 2.39 bits per heavy atom. The predicted octanol–water partition coefficient (Wildman–Crippen LogP) is 3.91. The number of ether oxygens (including phenoxy) is 2. The number of rotatable bonds is 10. The van der Waals surface area contributed by atoms with Gasteiger partial charge in [-0.05, 0) is 56.5 Å². The minimum Gasteiger partial charge on any atom is -0.496 e. The summed E-state index contributed by atoms with van der Waals surface area (Å²) < 4.78 is 10.9. The highest BCUT2D eigenvalue weighted by molar-refractivity contribution is 6.37. The number of nitrogens with one attached hydrogen (secondary N) is 1. The highest BCUT2D eigenvalue weighted by atomic mass is 16.5. The second-order valence-electron chi connectivity index (χ2n) is 8.13. The summed E-state index contributed by atoms with van der Waals surface area (Å²) in [6.07, 6.45) is 3.01. The van der Waals surface area contributed by atoms with Crippen LogP contribution in [0.2, 0.25) is 0 Å². The van der Waals surface area contributed by atoms with Gasteiger partial charge >= 0.3 is 0 Å². The predicted molar refractivity (Wildman–Crippen MR) is 129 cm³/mol. The van der Waals surface area contributed by atoms with Crippen molar-refractivity contribution in [2.45, 2.75) is 26.2 Å². The molecule has 0 bridgehead atoms. The number of benzene rings is 2. The summed E-state index contributed by atoms with van der Waals surface area (Å²) in [5.41, 5.74) is 3.13. The van der Waals surface area contributed by atoms with Crippen molar-refractivity contribution < 1.29 is 19.1 Å². The van der Waals surface area contributed by atoms with E-state index in [1.165, 1.54) is 23.4 Å². The fourth-order valence-electron chi connectivity index (χ4n) is 4.34. The van der Waals surface area contributed by atoms with Gasteiger partial charge in [0.1, 0.15) is 11.4 Å². The molecule has 0 atom stereocenters. The molecule has 2 aliphatic rings. The molecule has 2 aromatic carbocycles. The molecule has 0 unspecified atom stereocenters. The zero-order chi connectivity index (χ0) is 23.2. The molecule has 1 fully saturated rings. The van der Waals surface area contributed by atoms with Crippen molar-refractivity contribution in [1.82, 2.24) is 4.90 Å². The number of carbonyl (C=O) groups excluding carboxylic acids is 2. The fourth-order valence-corrected chi connectivity index (χ4v) is 4.34. The van der Waals surface area contributed by atoms with Crippen molar-refractivity contribution in [3.63, 3.8) is 0 Å².